The highest BCUT2D eigenvalue weighted by atomic mass is 16.6. The molecule has 29 heavy (non-hydrogen) atoms. The summed E-state index contributed by atoms with van der Waals surface area (Å²) in [5.41, 5.74) is 1.73. The molecule has 0 spiro atoms. The van der Waals surface area contributed by atoms with Crippen LogP contribution in [-0.4, -0.2) is 34.1 Å². The molecule has 0 saturated carbocycles. The van der Waals surface area contributed by atoms with Crippen LogP contribution in [0.1, 0.15) is 19.4 Å². The van der Waals surface area contributed by atoms with Crippen molar-refractivity contribution in [3.63, 3.8) is 0 Å². The minimum absolute atomic E-state index is 0.345. The number of nitrogens with one attached hydrogen (secondary N) is 3. The summed E-state index contributed by atoms with van der Waals surface area (Å²) in [6.07, 6.45) is -2.00. The van der Waals surface area contributed by atoms with Crippen molar-refractivity contribution >= 4 is 28.6 Å². The lowest BCUT2D eigenvalue weighted by Gasteiger charge is -2.18. The average molecular weight is 394 g/mol. The molecule has 2 aromatic carbocycles. The number of aromatic amines is 2. The second-order valence-corrected chi connectivity index (χ2v) is 6.30. The van der Waals surface area contributed by atoms with Crippen molar-refractivity contribution in [2.24, 2.45) is 0 Å². The van der Waals surface area contributed by atoms with Gasteiger partial charge in [-0.15, -0.1) is 0 Å². The molecule has 1 aromatic heterocycles. The summed E-state index contributed by atoms with van der Waals surface area (Å²) in [7, 11) is 0. The highest BCUT2D eigenvalue weighted by molar-refractivity contribution is 5.96. The van der Waals surface area contributed by atoms with Gasteiger partial charge in [-0.2, -0.15) is 5.26 Å². The molecular weight excluding hydrogens is 376 g/mol. The first-order valence-electron chi connectivity index (χ1n) is 8.76. The van der Waals surface area contributed by atoms with Crippen LogP contribution >= 0.6 is 0 Å². The van der Waals surface area contributed by atoms with Crippen LogP contribution in [0.25, 0.3) is 11.0 Å². The van der Waals surface area contributed by atoms with Crippen molar-refractivity contribution < 1.29 is 19.1 Å². The van der Waals surface area contributed by atoms with E-state index in [2.05, 4.69) is 15.3 Å². The molecule has 1 amide bonds. The quantitative estimate of drug-likeness (QED) is 0.547. The molecule has 0 bridgehead atoms. The second-order valence-electron chi connectivity index (χ2n) is 6.30. The smallest absolute Gasteiger partial charge is 0.347 e. The zero-order valence-corrected chi connectivity index (χ0v) is 15.7. The number of amides is 1. The number of hydrogen-bond acceptors (Lipinski definition) is 6. The first kappa shape index (κ1) is 19.7. The van der Waals surface area contributed by atoms with Gasteiger partial charge in [0.15, 0.2) is 12.2 Å². The van der Waals surface area contributed by atoms with Gasteiger partial charge in [0.25, 0.3) is 5.91 Å². The number of esters is 1. The zero-order valence-electron chi connectivity index (χ0n) is 15.7. The van der Waals surface area contributed by atoms with Crippen molar-refractivity contribution in [1.29, 1.82) is 5.26 Å². The van der Waals surface area contributed by atoms with Crippen molar-refractivity contribution in [1.82, 2.24) is 9.97 Å². The molecule has 2 atom stereocenters. The molecule has 1 heterocycles. The van der Waals surface area contributed by atoms with Crippen LogP contribution in [0.4, 0.5) is 5.69 Å². The van der Waals surface area contributed by atoms with E-state index in [0.29, 0.717) is 28.0 Å². The maximum atomic E-state index is 12.3. The lowest BCUT2D eigenvalue weighted by Crippen LogP contribution is -2.35. The summed E-state index contributed by atoms with van der Waals surface area (Å²) in [5, 5.41) is 11.4. The fraction of sp³-hybridized carbons (Fsp3) is 0.200. The van der Waals surface area contributed by atoms with Gasteiger partial charge >= 0.3 is 11.7 Å². The largest absolute Gasteiger partial charge is 0.479 e. The fourth-order valence-corrected chi connectivity index (χ4v) is 2.54. The molecule has 0 unspecified atom stereocenters. The Bertz CT molecular complexity index is 1140. The van der Waals surface area contributed by atoms with Crippen LogP contribution in [-0.2, 0) is 14.3 Å². The first-order valence-corrected chi connectivity index (χ1v) is 8.76. The highest BCUT2D eigenvalue weighted by Crippen LogP contribution is 2.16. The van der Waals surface area contributed by atoms with Gasteiger partial charge in [0.05, 0.1) is 22.7 Å². The lowest BCUT2D eigenvalue weighted by atomic mass is 10.2. The maximum absolute atomic E-state index is 12.3. The summed E-state index contributed by atoms with van der Waals surface area (Å²) in [6.45, 7) is 2.94. The van der Waals surface area contributed by atoms with E-state index in [-0.39, 0.29) is 5.69 Å². The molecule has 3 rings (SSSR count). The molecule has 148 valence electrons. The number of nitrogens with zero attached hydrogens (tertiary/aromatic N) is 1. The average Bonchev–Trinajstić information content (AvgIpc) is 3.07. The minimum Gasteiger partial charge on any atom is -0.479 e. The summed E-state index contributed by atoms with van der Waals surface area (Å²) in [5.74, 6) is -0.831. The van der Waals surface area contributed by atoms with E-state index < -0.39 is 24.1 Å². The molecule has 3 aromatic rings. The number of hydrogen-bond donors (Lipinski definition) is 3. The summed E-state index contributed by atoms with van der Waals surface area (Å²) in [6, 6.07) is 13.1. The molecule has 3 N–H and O–H groups in total. The van der Waals surface area contributed by atoms with E-state index in [1.807, 2.05) is 6.07 Å². The van der Waals surface area contributed by atoms with Crippen LogP contribution < -0.4 is 15.7 Å². The zero-order chi connectivity index (χ0) is 21.0. The standard InChI is InChI=1S/C20H18N4O5/c1-11(18(25)22-14-5-8-16-17(9-14)24-20(27)23-16)29-19(26)12(2)28-15-6-3-13(10-21)4-7-15/h3-9,11-12H,1-2H3,(H,22,25)(H2,23,24,27)/t11-,12-/m0/s1. The van der Waals surface area contributed by atoms with E-state index in [9.17, 15) is 14.4 Å². The van der Waals surface area contributed by atoms with E-state index in [0.717, 1.165) is 0 Å². The third kappa shape index (κ3) is 4.81. The number of H-pyrrole nitrogens is 2. The van der Waals surface area contributed by atoms with Gasteiger partial charge < -0.3 is 24.8 Å². The number of ether oxygens (including phenoxy) is 2. The predicted octanol–water partition coefficient (Wildman–Crippen LogP) is 2.07. The third-order valence-corrected chi connectivity index (χ3v) is 4.07. The van der Waals surface area contributed by atoms with Crippen LogP contribution in [0.15, 0.2) is 47.3 Å². The third-order valence-electron chi connectivity index (χ3n) is 4.07. The van der Waals surface area contributed by atoms with Crippen molar-refractivity contribution in [3.8, 4) is 11.8 Å². The van der Waals surface area contributed by atoms with Gasteiger partial charge in [-0.3, -0.25) is 4.79 Å². The normalized spacial score (nSPS) is 12.6. The van der Waals surface area contributed by atoms with Crippen molar-refractivity contribution in [2.75, 3.05) is 5.32 Å². The molecule has 9 nitrogen and oxygen atoms in total. The number of nitriles is 1. The Balaban J connectivity index is 1.56. The van der Waals surface area contributed by atoms with E-state index in [4.69, 9.17) is 14.7 Å². The molecule has 0 aliphatic heterocycles. The Hall–Kier alpha value is -4.06. The number of benzene rings is 2. The number of carbonyl (C=O) groups is 2. The molecule has 0 aliphatic rings. The Morgan fingerprint density at radius 3 is 2.41 bits per heavy atom. The Morgan fingerprint density at radius 2 is 1.72 bits per heavy atom. The SMILES string of the molecule is C[C@H](OC(=O)[C@H](C)Oc1ccc(C#N)cc1)C(=O)Nc1ccc2[nH]c(=O)[nH]c2c1. The topological polar surface area (TPSA) is 137 Å². The van der Waals surface area contributed by atoms with Gasteiger partial charge in [-0.1, -0.05) is 0 Å². The number of rotatable bonds is 6. The van der Waals surface area contributed by atoms with Crippen molar-refractivity contribution in [3.05, 3.63) is 58.5 Å². The molecule has 9 heteroatoms. The van der Waals surface area contributed by atoms with Gasteiger partial charge in [-0.25, -0.2) is 9.59 Å². The molecule has 0 saturated heterocycles. The van der Waals surface area contributed by atoms with Crippen LogP contribution in [0.2, 0.25) is 0 Å². The predicted molar refractivity (Wildman–Crippen MR) is 104 cm³/mol. The number of carbonyl (C=O) groups excluding carboxylic acids is 2. The van der Waals surface area contributed by atoms with Crippen molar-refractivity contribution in [2.45, 2.75) is 26.1 Å². The van der Waals surface area contributed by atoms with Crippen LogP contribution in [0, 0.1) is 11.3 Å². The summed E-state index contributed by atoms with van der Waals surface area (Å²) in [4.78, 5) is 41.0. The number of imidazole rings is 1. The minimum atomic E-state index is -1.06. The van der Waals surface area contributed by atoms with Crippen LogP contribution in [0.3, 0.4) is 0 Å². The lowest BCUT2D eigenvalue weighted by molar-refractivity contribution is -0.159. The number of aromatic nitrogens is 2. The second kappa shape index (κ2) is 8.31. The van der Waals surface area contributed by atoms with E-state index in [1.54, 1.807) is 42.5 Å². The fourth-order valence-electron chi connectivity index (χ4n) is 2.54. The molecule has 0 fully saturated rings. The van der Waals surface area contributed by atoms with E-state index in [1.165, 1.54) is 13.8 Å². The Morgan fingerprint density at radius 1 is 1.03 bits per heavy atom. The van der Waals surface area contributed by atoms with Gasteiger partial charge in [0, 0.05) is 5.69 Å². The molecular formula is C20H18N4O5. The highest BCUT2D eigenvalue weighted by Gasteiger charge is 2.23. The maximum Gasteiger partial charge on any atom is 0.347 e. The van der Waals surface area contributed by atoms with Gasteiger partial charge in [-0.05, 0) is 56.3 Å². The van der Waals surface area contributed by atoms with E-state index >= 15 is 0 Å². The molecule has 0 aliphatic carbocycles. The van der Waals surface area contributed by atoms with Crippen LogP contribution in [0.5, 0.6) is 5.75 Å². The van der Waals surface area contributed by atoms with Gasteiger partial charge in [0.2, 0.25) is 0 Å². The summed E-state index contributed by atoms with van der Waals surface area (Å²) < 4.78 is 10.6. The number of anilines is 1. The van der Waals surface area contributed by atoms with Gasteiger partial charge in [0.1, 0.15) is 5.75 Å². The number of fused-ring (bicyclic) bond motifs is 1. The Kier molecular flexibility index (Phi) is 5.64. The molecule has 0 radical (unpaired) electrons. The first-order chi connectivity index (χ1) is 13.9. The monoisotopic (exact) mass is 394 g/mol. The summed E-state index contributed by atoms with van der Waals surface area (Å²) >= 11 is 0. The Labute approximate surface area is 165 Å².